The Balaban J connectivity index is 1.37. The predicted octanol–water partition coefficient (Wildman–Crippen LogP) is 8.50. The van der Waals surface area contributed by atoms with Crippen LogP contribution in [0.5, 0.6) is 0 Å². The first kappa shape index (κ1) is 77.8. The van der Waals surface area contributed by atoms with E-state index in [1.54, 1.807) is 0 Å². The average Bonchev–Trinajstić information content (AvgIpc) is 3.70. The third kappa shape index (κ3) is 31.9. The van der Waals surface area contributed by atoms with Gasteiger partial charge in [-0.05, 0) is 32.1 Å². The molecular weight excluding hydrogens is 1090 g/mol. The van der Waals surface area contributed by atoms with Crippen LogP contribution in [0.3, 0.4) is 0 Å². The van der Waals surface area contributed by atoms with Gasteiger partial charge in [-0.25, -0.2) is 0 Å². The van der Waals surface area contributed by atoms with Gasteiger partial charge in [-0.1, -0.05) is 244 Å². The first-order valence-electron chi connectivity index (χ1n) is 34.4. The van der Waals surface area contributed by atoms with Crippen LogP contribution in [0.1, 0.15) is 271 Å². The van der Waals surface area contributed by atoms with Gasteiger partial charge in [0.1, 0.15) is 73.2 Å². The molecule has 3 heterocycles. The number of aliphatic hydroxyl groups excluding tert-OH is 11. The molecule has 3 aliphatic heterocycles. The zero-order chi connectivity index (χ0) is 61.9. The zero-order valence-electron chi connectivity index (χ0n) is 52.9. The fourth-order valence-corrected chi connectivity index (χ4v) is 11.9. The van der Waals surface area contributed by atoms with Crippen molar-refractivity contribution in [2.24, 2.45) is 0 Å². The molecule has 3 saturated heterocycles. The van der Waals surface area contributed by atoms with Crippen molar-refractivity contribution in [3.8, 4) is 0 Å². The molecule has 0 radical (unpaired) electrons. The molecule has 17 atom stereocenters. The van der Waals surface area contributed by atoms with Crippen molar-refractivity contribution in [2.75, 3.05) is 26.4 Å². The Morgan fingerprint density at radius 1 is 0.412 bits per heavy atom. The molecule has 1 amide bonds. The summed E-state index contributed by atoms with van der Waals surface area (Å²) < 4.78 is 34.3. The van der Waals surface area contributed by atoms with Crippen LogP contribution in [0.4, 0.5) is 0 Å². The molecule has 0 spiro atoms. The van der Waals surface area contributed by atoms with Crippen LogP contribution in [0, 0.1) is 0 Å². The van der Waals surface area contributed by atoms with Crippen molar-refractivity contribution in [3.05, 3.63) is 12.2 Å². The number of ether oxygens (including phenoxy) is 6. The Labute approximate surface area is 512 Å². The summed E-state index contributed by atoms with van der Waals surface area (Å²) in [5.74, 6) is -0.251. The highest BCUT2D eigenvalue weighted by molar-refractivity contribution is 5.76. The lowest BCUT2D eigenvalue weighted by molar-refractivity contribution is -0.379. The molecule has 85 heavy (non-hydrogen) atoms. The van der Waals surface area contributed by atoms with Gasteiger partial charge in [0.25, 0.3) is 0 Å². The second kappa shape index (κ2) is 49.3. The molecule has 0 saturated carbocycles. The van der Waals surface area contributed by atoms with Crippen LogP contribution in [-0.4, -0.2) is 193 Å². The molecule has 3 fully saturated rings. The second-order valence-corrected chi connectivity index (χ2v) is 25.0. The molecule has 0 aromatic rings. The van der Waals surface area contributed by atoms with Crippen LogP contribution in [0.2, 0.25) is 0 Å². The van der Waals surface area contributed by atoms with Gasteiger partial charge < -0.3 is 89.9 Å². The van der Waals surface area contributed by atoms with E-state index in [1.807, 2.05) is 0 Å². The second-order valence-electron chi connectivity index (χ2n) is 25.0. The average molecular weight is 1220 g/mol. The Morgan fingerprint density at radius 3 is 1.18 bits per heavy atom. The van der Waals surface area contributed by atoms with Gasteiger partial charge in [-0.2, -0.15) is 0 Å². The largest absolute Gasteiger partial charge is 0.394 e. The molecule has 19 nitrogen and oxygen atoms in total. The number of unbranched alkanes of at least 4 members (excludes halogenated alkanes) is 35. The standard InChI is InChI=1S/C66H125NO18/c1-3-5-7-9-11-13-15-16-17-18-19-20-21-22-23-24-25-26-27-28-29-30-31-32-34-35-37-39-41-43-50(71)49(67-54(72)44-42-40-38-36-33-14-12-10-8-6-4-2)48-80-64-60(78)57(75)62(52(46-69)82-64)85-66-61(79)58(76)63(53(47-70)83-66)84-65-59(77)56(74)55(73)51(45-68)81-65/h10,12,49-53,55-66,68-71,73-79H,3-9,11,13-48H2,1-2H3,(H,67,72)/b12-10-. The molecule has 19 heteroatoms. The van der Waals surface area contributed by atoms with Crippen molar-refractivity contribution >= 4 is 5.91 Å². The molecule has 12 N–H and O–H groups in total. The van der Waals surface area contributed by atoms with E-state index in [-0.39, 0.29) is 18.9 Å². The number of rotatable bonds is 53. The van der Waals surface area contributed by atoms with Gasteiger partial charge in [0, 0.05) is 6.42 Å². The van der Waals surface area contributed by atoms with E-state index in [4.69, 9.17) is 28.4 Å². The van der Waals surface area contributed by atoms with E-state index in [2.05, 4.69) is 31.3 Å². The first-order valence-corrected chi connectivity index (χ1v) is 34.4. The summed E-state index contributed by atoms with van der Waals surface area (Å²) in [4.78, 5) is 13.3. The normalized spacial score (nSPS) is 29.0. The smallest absolute Gasteiger partial charge is 0.220 e. The number of aliphatic hydroxyl groups is 11. The summed E-state index contributed by atoms with van der Waals surface area (Å²) in [6, 6.07) is -0.888. The van der Waals surface area contributed by atoms with E-state index < -0.39 is 124 Å². The summed E-state index contributed by atoms with van der Waals surface area (Å²) in [5.41, 5.74) is 0. The minimum Gasteiger partial charge on any atom is -0.394 e. The zero-order valence-corrected chi connectivity index (χ0v) is 52.9. The third-order valence-corrected chi connectivity index (χ3v) is 17.6. The van der Waals surface area contributed by atoms with Crippen LogP contribution < -0.4 is 5.32 Å². The fourth-order valence-electron chi connectivity index (χ4n) is 11.9. The topological polar surface area (TPSA) is 307 Å². The highest BCUT2D eigenvalue weighted by atomic mass is 16.8. The van der Waals surface area contributed by atoms with E-state index in [1.165, 1.54) is 173 Å². The van der Waals surface area contributed by atoms with E-state index in [9.17, 15) is 61.0 Å². The summed E-state index contributed by atoms with van der Waals surface area (Å²) in [7, 11) is 0. The maximum absolute atomic E-state index is 13.3. The number of carbonyl (C=O) groups excluding carboxylic acids is 1. The lowest BCUT2D eigenvalue weighted by atomic mass is 9.96. The van der Waals surface area contributed by atoms with Gasteiger partial charge in [-0.15, -0.1) is 0 Å². The molecule has 0 aromatic carbocycles. The number of nitrogens with one attached hydrogen (secondary N) is 1. The molecule has 0 aliphatic carbocycles. The molecule has 0 aromatic heterocycles. The Kier molecular flexibility index (Phi) is 45.1. The van der Waals surface area contributed by atoms with Crippen molar-refractivity contribution in [1.29, 1.82) is 0 Å². The van der Waals surface area contributed by atoms with Crippen molar-refractivity contribution in [2.45, 2.75) is 375 Å². The molecule has 502 valence electrons. The minimum atomic E-state index is -1.97. The molecule has 17 unspecified atom stereocenters. The van der Waals surface area contributed by atoms with Crippen LogP contribution in [-0.2, 0) is 33.2 Å². The van der Waals surface area contributed by atoms with Crippen LogP contribution >= 0.6 is 0 Å². The van der Waals surface area contributed by atoms with Gasteiger partial charge >= 0.3 is 0 Å². The van der Waals surface area contributed by atoms with Gasteiger partial charge in [0.05, 0.1) is 38.6 Å². The minimum absolute atomic E-state index is 0.251. The van der Waals surface area contributed by atoms with Crippen molar-refractivity contribution in [3.63, 3.8) is 0 Å². The number of hydrogen-bond donors (Lipinski definition) is 12. The monoisotopic (exact) mass is 1220 g/mol. The summed E-state index contributed by atoms with van der Waals surface area (Å²) in [5, 5.41) is 120. The maximum atomic E-state index is 13.3. The maximum Gasteiger partial charge on any atom is 0.220 e. The van der Waals surface area contributed by atoms with Gasteiger partial charge in [0.15, 0.2) is 18.9 Å². The van der Waals surface area contributed by atoms with Crippen molar-refractivity contribution < 1.29 is 89.4 Å². The SMILES string of the molecule is CCCC/C=C\CCCCCCCC(=O)NC(COC1OC(CO)C(OC2OC(CO)C(OC3OC(CO)C(O)C(O)C3O)C(O)C2O)C(O)C1O)C(O)CCCCCCCCCCCCCCCCCCCCCCCCCCCCCCC. The first-order chi connectivity index (χ1) is 41.3. The third-order valence-electron chi connectivity index (χ3n) is 17.6. The number of carbonyl (C=O) groups is 1. The number of amides is 1. The Morgan fingerprint density at radius 2 is 0.753 bits per heavy atom. The van der Waals surface area contributed by atoms with Crippen LogP contribution in [0.25, 0.3) is 0 Å². The molecule has 0 bridgehead atoms. The summed E-state index contributed by atoms with van der Waals surface area (Å²) >= 11 is 0. The number of hydrogen-bond acceptors (Lipinski definition) is 18. The lowest BCUT2D eigenvalue weighted by Crippen LogP contribution is -2.66. The molecular formula is C66H125NO18. The van der Waals surface area contributed by atoms with Gasteiger partial charge in [0.2, 0.25) is 5.91 Å². The van der Waals surface area contributed by atoms with Crippen LogP contribution in [0.15, 0.2) is 12.2 Å². The van der Waals surface area contributed by atoms with Crippen molar-refractivity contribution in [1.82, 2.24) is 5.32 Å². The molecule has 3 rings (SSSR count). The highest BCUT2D eigenvalue weighted by Gasteiger charge is 2.53. The summed E-state index contributed by atoms with van der Waals surface area (Å²) in [6.07, 6.45) is 26.1. The molecule has 3 aliphatic rings. The quantitative estimate of drug-likeness (QED) is 0.0201. The lowest BCUT2D eigenvalue weighted by Gasteiger charge is -2.48. The highest BCUT2D eigenvalue weighted by Crippen LogP contribution is 2.33. The Bertz CT molecular complexity index is 1600. The van der Waals surface area contributed by atoms with E-state index in [0.29, 0.717) is 12.8 Å². The predicted molar refractivity (Wildman–Crippen MR) is 328 cm³/mol. The van der Waals surface area contributed by atoms with E-state index in [0.717, 1.165) is 64.2 Å². The van der Waals surface area contributed by atoms with E-state index >= 15 is 0 Å². The summed E-state index contributed by atoms with van der Waals surface area (Å²) in [6.45, 7) is 1.77. The Hall–Kier alpha value is -1.47. The van der Waals surface area contributed by atoms with Gasteiger partial charge in [-0.3, -0.25) is 4.79 Å². The fraction of sp³-hybridized carbons (Fsp3) is 0.955. The number of allylic oxidation sites excluding steroid dienone is 2.